The molecule has 0 saturated carbocycles. The van der Waals surface area contributed by atoms with E-state index in [9.17, 15) is 4.79 Å². The molecule has 0 saturated heterocycles. The summed E-state index contributed by atoms with van der Waals surface area (Å²) in [6.07, 6.45) is 0. The second kappa shape index (κ2) is 7.99. The second-order valence-corrected chi connectivity index (χ2v) is 5.82. The Bertz CT molecular complexity index is 596. The van der Waals surface area contributed by atoms with Crippen molar-refractivity contribution in [1.82, 2.24) is 0 Å². The fraction of sp³-hybridized carbons (Fsp3) is 0.278. The Labute approximate surface area is 140 Å². The minimum absolute atomic E-state index is 0.0490. The molecule has 0 N–H and O–H groups in total. The van der Waals surface area contributed by atoms with Crippen LogP contribution in [-0.4, -0.2) is 17.3 Å². The molecule has 0 atom stereocenters. The summed E-state index contributed by atoms with van der Waals surface area (Å²) in [6.45, 7) is 4.54. The van der Waals surface area contributed by atoms with Crippen molar-refractivity contribution < 1.29 is 9.53 Å². The van der Waals surface area contributed by atoms with E-state index >= 15 is 0 Å². The molecule has 22 heavy (non-hydrogen) atoms. The number of anilines is 1. The molecule has 0 fully saturated rings. The largest absolute Gasteiger partial charge is 0.489 e. The summed E-state index contributed by atoms with van der Waals surface area (Å²) >= 11 is 3.23. The van der Waals surface area contributed by atoms with Gasteiger partial charge in [-0.15, -0.1) is 0 Å². The molecule has 2 rings (SSSR count). The van der Waals surface area contributed by atoms with Crippen LogP contribution >= 0.6 is 15.9 Å². The van der Waals surface area contributed by atoms with Crippen LogP contribution in [0.5, 0.6) is 5.75 Å². The van der Waals surface area contributed by atoms with Gasteiger partial charge < -0.3 is 9.64 Å². The van der Waals surface area contributed by atoms with Crippen LogP contribution in [0.2, 0.25) is 0 Å². The van der Waals surface area contributed by atoms with Gasteiger partial charge in [0.15, 0.2) is 0 Å². The van der Waals surface area contributed by atoms with E-state index in [0.29, 0.717) is 11.9 Å². The van der Waals surface area contributed by atoms with Gasteiger partial charge in [-0.05, 0) is 43.7 Å². The highest BCUT2D eigenvalue weighted by Crippen LogP contribution is 2.22. The lowest BCUT2D eigenvalue weighted by Crippen LogP contribution is -2.37. The molecule has 0 aromatic heterocycles. The number of rotatable bonds is 6. The summed E-state index contributed by atoms with van der Waals surface area (Å²) in [5.41, 5.74) is 2.01. The van der Waals surface area contributed by atoms with Gasteiger partial charge in [0, 0.05) is 11.7 Å². The van der Waals surface area contributed by atoms with Gasteiger partial charge >= 0.3 is 0 Å². The van der Waals surface area contributed by atoms with Crippen LogP contribution in [0.3, 0.4) is 0 Å². The summed E-state index contributed by atoms with van der Waals surface area (Å²) in [5.74, 6) is 0.843. The Morgan fingerprint density at radius 3 is 2.27 bits per heavy atom. The Morgan fingerprint density at radius 1 is 1.09 bits per heavy atom. The standard InChI is InChI=1S/C18H20BrNO2/c1-14(2)20(18(21)12-19)16-8-10-17(11-9-16)22-13-15-6-4-3-5-7-15/h3-11,14H,12-13H2,1-2H3. The molecule has 2 aromatic rings. The van der Waals surface area contributed by atoms with E-state index in [0.717, 1.165) is 17.0 Å². The molecule has 0 aliphatic carbocycles. The number of ether oxygens (including phenoxy) is 1. The van der Waals surface area contributed by atoms with Crippen LogP contribution in [0.15, 0.2) is 54.6 Å². The van der Waals surface area contributed by atoms with Crippen molar-refractivity contribution in [1.29, 1.82) is 0 Å². The molecule has 116 valence electrons. The molecule has 3 nitrogen and oxygen atoms in total. The number of carbonyl (C=O) groups excluding carboxylic acids is 1. The molecule has 0 aliphatic rings. The fourth-order valence-corrected chi connectivity index (χ4v) is 2.51. The Morgan fingerprint density at radius 2 is 1.73 bits per heavy atom. The number of alkyl halides is 1. The Balaban J connectivity index is 2.04. The molecule has 0 unspecified atom stereocenters. The first-order chi connectivity index (χ1) is 10.6. The van der Waals surface area contributed by atoms with Gasteiger partial charge in [0.05, 0.1) is 5.33 Å². The summed E-state index contributed by atoms with van der Waals surface area (Å²) in [7, 11) is 0. The number of benzene rings is 2. The van der Waals surface area contributed by atoms with Crippen LogP contribution < -0.4 is 9.64 Å². The highest BCUT2D eigenvalue weighted by Gasteiger charge is 2.17. The lowest BCUT2D eigenvalue weighted by Gasteiger charge is -2.26. The molecular weight excluding hydrogens is 342 g/mol. The smallest absolute Gasteiger partial charge is 0.237 e. The first-order valence-corrected chi connectivity index (χ1v) is 8.38. The summed E-state index contributed by atoms with van der Waals surface area (Å²) in [6, 6.07) is 17.8. The topological polar surface area (TPSA) is 29.5 Å². The van der Waals surface area contributed by atoms with Crippen molar-refractivity contribution in [2.45, 2.75) is 26.5 Å². The lowest BCUT2D eigenvalue weighted by molar-refractivity contribution is -0.116. The molecule has 0 aliphatic heterocycles. The highest BCUT2D eigenvalue weighted by atomic mass is 79.9. The first kappa shape index (κ1) is 16.6. The van der Waals surface area contributed by atoms with Crippen molar-refractivity contribution in [2.75, 3.05) is 10.2 Å². The highest BCUT2D eigenvalue weighted by molar-refractivity contribution is 9.09. The molecule has 0 bridgehead atoms. The number of nitrogens with zero attached hydrogens (tertiary/aromatic N) is 1. The average Bonchev–Trinajstić information content (AvgIpc) is 2.54. The number of amides is 1. The minimum atomic E-state index is 0.0490. The van der Waals surface area contributed by atoms with Crippen LogP contribution in [0, 0.1) is 0 Å². The number of hydrogen-bond acceptors (Lipinski definition) is 2. The van der Waals surface area contributed by atoms with Gasteiger partial charge in [-0.2, -0.15) is 0 Å². The van der Waals surface area contributed by atoms with E-state index < -0.39 is 0 Å². The summed E-state index contributed by atoms with van der Waals surface area (Å²) in [4.78, 5) is 13.8. The van der Waals surface area contributed by atoms with E-state index in [2.05, 4.69) is 15.9 Å². The Hall–Kier alpha value is -1.81. The third-order valence-electron chi connectivity index (χ3n) is 3.26. The maximum atomic E-state index is 12.0. The predicted molar refractivity (Wildman–Crippen MR) is 93.6 cm³/mol. The third-order valence-corrected chi connectivity index (χ3v) is 3.74. The fourth-order valence-electron chi connectivity index (χ4n) is 2.24. The maximum Gasteiger partial charge on any atom is 0.237 e. The van der Waals surface area contributed by atoms with Crippen molar-refractivity contribution >= 4 is 27.5 Å². The molecular formula is C18H20BrNO2. The zero-order valence-corrected chi connectivity index (χ0v) is 14.4. The van der Waals surface area contributed by atoms with Gasteiger partial charge in [-0.25, -0.2) is 0 Å². The van der Waals surface area contributed by atoms with E-state index in [4.69, 9.17) is 4.74 Å². The summed E-state index contributed by atoms with van der Waals surface area (Å²) in [5, 5.41) is 0.317. The third kappa shape index (κ3) is 4.34. The van der Waals surface area contributed by atoms with Gasteiger partial charge in [-0.3, -0.25) is 4.79 Å². The average molecular weight is 362 g/mol. The van der Waals surface area contributed by atoms with Crippen molar-refractivity contribution in [3.63, 3.8) is 0 Å². The van der Waals surface area contributed by atoms with Crippen LogP contribution in [0.1, 0.15) is 19.4 Å². The van der Waals surface area contributed by atoms with E-state index in [1.54, 1.807) is 4.90 Å². The van der Waals surface area contributed by atoms with Crippen LogP contribution in [-0.2, 0) is 11.4 Å². The molecule has 0 heterocycles. The monoisotopic (exact) mass is 361 g/mol. The number of hydrogen-bond donors (Lipinski definition) is 0. The van der Waals surface area contributed by atoms with E-state index in [-0.39, 0.29) is 11.9 Å². The molecule has 0 radical (unpaired) electrons. The first-order valence-electron chi connectivity index (χ1n) is 7.26. The van der Waals surface area contributed by atoms with Gasteiger partial charge in [0.2, 0.25) is 5.91 Å². The van der Waals surface area contributed by atoms with Crippen LogP contribution in [0.25, 0.3) is 0 Å². The quantitative estimate of drug-likeness (QED) is 0.713. The van der Waals surface area contributed by atoms with E-state index in [1.165, 1.54) is 0 Å². The molecule has 4 heteroatoms. The summed E-state index contributed by atoms with van der Waals surface area (Å²) < 4.78 is 5.76. The molecule has 2 aromatic carbocycles. The van der Waals surface area contributed by atoms with Gasteiger partial charge in [0.25, 0.3) is 0 Å². The van der Waals surface area contributed by atoms with Crippen molar-refractivity contribution in [2.24, 2.45) is 0 Å². The number of halogens is 1. The lowest BCUT2D eigenvalue weighted by atomic mass is 10.2. The maximum absolute atomic E-state index is 12.0. The van der Waals surface area contributed by atoms with Gasteiger partial charge in [-0.1, -0.05) is 46.3 Å². The zero-order chi connectivity index (χ0) is 15.9. The Kier molecular flexibility index (Phi) is 6.01. The van der Waals surface area contributed by atoms with Crippen molar-refractivity contribution in [3.05, 3.63) is 60.2 Å². The van der Waals surface area contributed by atoms with Crippen LogP contribution in [0.4, 0.5) is 5.69 Å². The molecule has 1 amide bonds. The zero-order valence-electron chi connectivity index (χ0n) is 12.8. The predicted octanol–water partition coefficient (Wildman–Crippen LogP) is 4.40. The minimum Gasteiger partial charge on any atom is -0.489 e. The number of carbonyl (C=O) groups is 1. The van der Waals surface area contributed by atoms with Gasteiger partial charge in [0.1, 0.15) is 12.4 Å². The van der Waals surface area contributed by atoms with Crippen molar-refractivity contribution in [3.8, 4) is 5.75 Å². The SMILES string of the molecule is CC(C)N(C(=O)CBr)c1ccc(OCc2ccccc2)cc1. The van der Waals surface area contributed by atoms with E-state index in [1.807, 2.05) is 68.4 Å². The normalized spacial score (nSPS) is 10.5. The molecule has 0 spiro atoms. The second-order valence-electron chi connectivity index (χ2n) is 5.26.